The lowest BCUT2D eigenvalue weighted by Crippen LogP contribution is -1.97. The van der Waals surface area contributed by atoms with E-state index in [1.807, 2.05) is 29.5 Å². The molecule has 0 aliphatic carbocycles. The van der Waals surface area contributed by atoms with Crippen LogP contribution in [0, 0.1) is 0 Å². The molecule has 0 aliphatic rings. The number of thiophene rings is 1. The van der Waals surface area contributed by atoms with Crippen LogP contribution in [0.5, 0.6) is 0 Å². The molecule has 4 heteroatoms. The van der Waals surface area contributed by atoms with Crippen molar-refractivity contribution in [1.29, 1.82) is 0 Å². The van der Waals surface area contributed by atoms with Crippen molar-refractivity contribution in [3.05, 3.63) is 176 Å². The van der Waals surface area contributed by atoms with Gasteiger partial charge in [0.2, 0.25) is 0 Å². The number of hydrogen-bond acceptors (Lipinski definition) is 3. The van der Waals surface area contributed by atoms with Crippen molar-refractivity contribution >= 4 is 53.3 Å². The zero-order valence-electron chi connectivity index (χ0n) is 27.0. The lowest BCUT2D eigenvalue weighted by Gasteiger charge is -2.12. The van der Waals surface area contributed by atoms with E-state index >= 15 is 0 Å². The third-order valence-corrected chi connectivity index (χ3v) is 10.9. The maximum Gasteiger partial charge on any atom is 0.160 e. The fourth-order valence-electron chi connectivity index (χ4n) is 7.26. The number of aromatic nitrogens is 3. The van der Waals surface area contributed by atoms with Crippen molar-refractivity contribution in [2.45, 2.75) is 0 Å². The fraction of sp³-hybridized carbons (Fsp3) is 0. The van der Waals surface area contributed by atoms with Gasteiger partial charge in [-0.3, -0.25) is 0 Å². The maximum absolute atomic E-state index is 5.15. The number of fused-ring (bicyclic) bond motifs is 6. The Kier molecular flexibility index (Phi) is 6.68. The summed E-state index contributed by atoms with van der Waals surface area (Å²) in [5, 5.41) is 5.12. The van der Waals surface area contributed by atoms with Crippen molar-refractivity contribution < 1.29 is 0 Å². The molecule has 3 nitrogen and oxygen atoms in total. The molecule has 0 amide bonds. The van der Waals surface area contributed by atoms with Crippen LogP contribution in [0.4, 0.5) is 0 Å². The Labute approximate surface area is 293 Å². The molecule has 0 aliphatic heterocycles. The van der Waals surface area contributed by atoms with Gasteiger partial charge in [0, 0.05) is 53.3 Å². The standard InChI is InChI=1S/C46H29N3S/c1-2-12-31(13-3-1)46-47-40(30-24-26-34(27-25-30)49-42-21-7-4-16-36(42)37-17-5-8-22-43(37)49)29-41(48-46)33-15-10-14-32(28-33)35-19-11-20-39-38-18-6-9-23-44(38)50-45(35)39/h1-29H. The third-order valence-electron chi connectivity index (χ3n) is 9.63. The topological polar surface area (TPSA) is 30.7 Å². The summed E-state index contributed by atoms with van der Waals surface area (Å²) in [6.45, 7) is 0. The molecule has 3 aromatic heterocycles. The molecule has 50 heavy (non-hydrogen) atoms. The van der Waals surface area contributed by atoms with Gasteiger partial charge in [0.15, 0.2) is 5.82 Å². The zero-order valence-corrected chi connectivity index (χ0v) is 27.8. The largest absolute Gasteiger partial charge is 0.309 e. The molecule has 10 aromatic rings. The Bertz CT molecular complexity index is 2810. The van der Waals surface area contributed by atoms with Gasteiger partial charge in [0.1, 0.15) is 0 Å². The molecule has 0 saturated heterocycles. The van der Waals surface area contributed by atoms with Crippen LogP contribution >= 0.6 is 11.3 Å². The lowest BCUT2D eigenvalue weighted by molar-refractivity contribution is 1.17. The second kappa shape index (κ2) is 11.7. The van der Waals surface area contributed by atoms with E-state index in [-0.39, 0.29) is 0 Å². The average Bonchev–Trinajstić information content (AvgIpc) is 3.74. The van der Waals surface area contributed by atoms with Crippen LogP contribution in [0.25, 0.3) is 92.7 Å². The Morgan fingerprint density at radius 1 is 0.400 bits per heavy atom. The van der Waals surface area contributed by atoms with Gasteiger partial charge in [-0.05, 0) is 53.6 Å². The highest BCUT2D eigenvalue weighted by Crippen LogP contribution is 2.41. The van der Waals surface area contributed by atoms with Gasteiger partial charge in [-0.25, -0.2) is 9.97 Å². The van der Waals surface area contributed by atoms with E-state index in [1.165, 1.54) is 53.1 Å². The predicted octanol–water partition coefficient (Wildman–Crippen LogP) is 12.6. The lowest BCUT2D eigenvalue weighted by atomic mass is 9.99. The van der Waals surface area contributed by atoms with Gasteiger partial charge in [-0.1, -0.05) is 133 Å². The van der Waals surface area contributed by atoms with E-state index in [1.54, 1.807) is 0 Å². The molecule has 10 rings (SSSR count). The van der Waals surface area contributed by atoms with E-state index in [2.05, 4.69) is 162 Å². The second-order valence-electron chi connectivity index (χ2n) is 12.6. The second-order valence-corrected chi connectivity index (χ2v) is 13.7. The molecule has 7 aromatic carbocycles. The quantitative estimate of drug-likeness (QED) is 0.185. The monoisotopic (exact) mass is 655 g/mol. The molecule has 3 heterocycles. The van der Waals surface area contributed by atoms with Gasteiger partial charge in [-0.2, -0.15) is 0 Å². The van der Waals surface area contributed by atoms with Crippen molar-refractivity contribution in [2.24, 2.45) is 0 Å². The highest BCUT2D eigenvalue weighted by molar-refractivity contribution is 7.26. The molecule has 0 radical (unpaired) electrons. The van der Waals surface area contributed by atoms with Crippen molar-refractivity contribution in [3.8, 4) is 50.7 Å². The minimum atomic E-state index is 0.710. The summed E-state index contributed by atoms with van der Waals surface area (Å²) in [6.07, 6.45) is 0. The van der Waals surface area contributed by atoms with E-state index in [4.69, 9.17) is 9.97 Å². The number of nitrogens with zero attached hydrogens (tertiary/aromatic N) is 3. The van der Waals surface area contributed by atoms with E-state index < -0.39 is 0 Å². The Morgan fingerprint density at radius 3 is 1.74 bits per heavy atom. The summed E-state index contributed by atoms with van der Waals surface area (Å²) in [5.41, 5.74) is 10.8. The normalized spacial score (nSPS) is 11.6. The first-order chi connectivity index (χ1) is 24.8. The van der Waals surface area contributed by atoms with E-state index in [0.29, 0.717) is 5.82 Å². The Hall–Kier alpha value is -6.36. The van der Waals surface area contributed by atoms with E-state index in [0.717, 1.165) is 33.8 Å². The summed E-state index contributed by atoms with van der Waals surface area (Å²) in [6, 6.07) is 62.4. The van der Waals surface area contributed by atoms with Crippen LogP contribution in [0.1, 0.15) is 0 Å². The molecular weight excluding hydrogens is 627 g/mol. The highest BCUT2D eigenvalue weighted by atomic mass is 32.1. The molecule has 234 valence electrons. The van der Waals surface area contributed by atoms with Crippen LogP contribution in [0.2, 0.25) is 0 Å². The number of para-hydroxylation sites is 2. The van der Waals surface area contributed by atoms with Gasteiger partial charge in [0.25, 0.3) is 0 Å². The number of hydrogen-bond donors (Lipinski definition) is 0. The van der Waals surface area contributed by atoms with Crippen LogP contribution in [0.15, 0.2) is 176 Å². The molecule has 0 bridgehead atoms. The molecule has 0 N–H and O–H groups in total. The van der Waals surface area contributed by atoms with Gasteiger partial charge >= 0.3 is 0 Å². The molecular formula is C46H29N3S. The zero-order chi connectivity index (χ0) is 33.0. The third kappa shape index (κ3) is 4.73. The summed E-state index contributed by atoms with van der Waals surface area (Å²) < 4.78 is 4.96. The predicted molar refractivity (Wildman–Crippen MR) is 211 cm³/mol. The van der Waals surface area contributed by atoms with Gasteiger partial charge in [0.05, 0.1) is 22.4 Å². The van der Waals surface area contributed by atoms with Crippen LogP contribution in [-0.4, -0.2) is 14.5 Å². The Balaban J connectivity index is 1.10. The van der Waals surface area contributed by atoms with Crippen molar-refractivity contribution in [3.63, 3.8) is 0 Å². The van der Waals surface area contributed by atoms with Crippen LogP contribution in [-0.2, 0) is 0 Å². The van der Waals surface area contributed by atoms with Gasteiger partial charge < -0.3 is 4.57 Å². The summed E-state index contributed by atoms with van der Waals surface area (Å²) in [5.74, 6) is 0.710. The average molecular weight is 656 g/mol. The minimum Gasteiger partial charge on any atom is -0.309 e. The van der Waals surface area contributed by atoms with Crippen LogP contribution < -0.4 is 0 Å². The smallest absolute Gasteiger partial charge is 0.160 e. The SMILES string of the molecule is c1ccc(-c2nc(-c3ccc(-n4c5ccccc5c5ccccc54)cc3)cc(-c3cccc(-c4cccc5c4sc4ccccc45)c3)n2)cc1. The first-order valence-electron chi connectivity index (χ1n) is 16.8. The molecule has 0 fully saturated rings. The Morgan fingerprint density at radius 2 is 0.980 bits per heavy atom. The first kappa shape index (κ1) is 28.6. The van der Waals surface area contributed by atoms with Gasteiger partial charge in [-0.15, -0.1) is 11.3 Å². The highest BCUT2D eigenvalue weighted by Gasteiger charge is 2.15. The molecule has 0 spiro atoms. The van der Waals surface area contributed by atoms with Crippen molar-refractivity contribution in [1.82, 2.24) is 14.5 Å². The van der Waals surface area contributed by atoms with E-state index in [9.17, 15) is 0 Å². The summed E-state index contributed by atoms with van der Waals surface area (Å²) >= 11 is 1.86. The fourth-order valence-corrected chi connectivity index (χ4v) is 8.50. The van der Waals surface area contributed by atoms with Crippen LogP contribution in [0.3, 0.4) is 0 Å². The molecule has 0 atom stereocenters. The minimum absolute atomic E-state index is 0.710. The summed E-state index contributed by atoms with van der Waals surface area (Å²) in [7, 11) is 0. The number of benzene rings is 7. The number of rotatable bonds is 5. The molecule has 0 unspecified atom stereocenters. The van der Waals surface area contributed by atoms with Crippen molar-refractivity contribution in [2.75, 3.05) is 0 Å². The molecule has 0 saturated carbocycles. The first-order valence-corrected chi connectivity index (χ1v) is 17.6. The summed E-state index contributed by atoms with van der Waals surface area (Å²) in [4.78, 5) is 10.3. The maximum atomic E-state index is 5.15.